The van der Waals surface area contributed by atoms with Crippen LogP contribution in [-0.2, 0) is 0 Å². The lowest BCUT2D eigenvalue weighted by Crippen LogP contribution is -2.28. The van der Waals surface area contributed by atoms with Crippen molar-refractivity contribution in [3.8, 4) is 0 Å². The topological polar surface area (TPSA) is 29.3 Å². The Hall–Kier alpha value is -0.520. The van der Waals surface area contributed by atoms with Gasteiger partial charge in [0.15, 0.2) is 0 Å². The molecule has 2 nitrogen and oxygen atoms in total. The quantitative estimate of drug-likeness (QED) is 0.633. The van der Waals surface area contributed by atoms with Crippen molar-refractivity contribution in [3.63, 3.8) is 0 Å². The van der Waals surface area contributed by atoms with E-state index in [0.29, 0.717) is 21.2 Å². The zero-order valence-electron chi connectivity index (χ0n) is 10.9. The first kappa shape index (κ1) is 13.9. The Balaban J connectivity index is 2.22. The molecule has 0 saturated heterocycles. The van der Waals surface area contributed by atoms with Gasteiger partial charge in [-0.25, -0.2) is 4.39 Å². The Morgan fingerprint density at radius 3 is 2.67 bits per heavy atom. The van der Waals surface area contributed by atoms with Crippen molar-refractivity contribution in [2.24, 2.45) is 5.92 Å². The number of benzene rings is 1. The van der Waals surface area contributed by atoms with Gasteiger partial charge < -0.3 is 10.6 Å². The van der Waals surface area contributed by atoms with Crippen molar-refractivity contribution < 1.29 is 4.39 Å². The monoisotopic (exact) mass is 362 g/mol. The lowest BCUT2D eigenvalue weighted by atomic mass is 10.1. The molecule has 0 heterocycles. The fraction of sp³-hybridized carbons (Fsp3) is 0.571. The minimum atomic E-state index is -0.171. The lowest BCUT2D eigenvalue weighted by Gasteiger charge is -2.27. The zero-order valence-corrected chi connectivity index (χ0v) is 13.1. The van der Waals surface area contributed by atoms with E-state index in [0.717, 1.165) is 18.7 Å². The molecule has 0 aliphatic heterocycles. The number of anilines is 2. The first-order valence-corrected chi connectivity index (χ1v) is 7.58. The van der Waals surface area contributed by atoms with E-state index in [1.165, 1.54) is 12.8 Å². The maximum atomic E-state index is 13.7. The summed E-state index contributed by atoms with van der Waals surface area (Å²) in [6.45, 7) is 5.39. The van der Waals surface area contributed by atoms with Crippen molar-refractivity contribution in [1.29, 1.82) is 0 Å². The van der Waals surface area contributed by atoms with E-state index in [-0.39, 0.29) is 5.82 Å². The number of halogens is 2. The third-order valence-electron chi connectivity index (χ3n) is 3.31. The van der Waals surface area contributed by atoms with Gasteiger partial charge in [-0.3, -0.25) is 0 Å². The van der Waals surface area contributed by atoms with E-state index in [1.54, 1.807) is 12.1 Å². The summed E-state index contributed by atoms with van der Waals surface area (Å²) in [4.78, 5) is 2.29. The minimum absolute atomic E-state index is 0.171. The second kappa shape index (κ2) is 5.63. The highest BCUT2D eigenvalue weighted by atomic mass is 127. The summed E-state index contributed by atoms with van der Waals surface area (Å²) in [5, 5.41) is 0. The molecular formula is C14H20FIN2. The standard InChI is InChI=1S/C14H20FIN2/c1-9(2)5-6-18(10-3-4-10)14-7-11(15)12(16)8-13(14)17/h7-10H,3-6,17H2,1-2H3. The molecule has 0 radical (unpaired) electrons. The second-order valence-corrected chi connectivity index (χ2v) is 6.59. The van der Waals surface area contributed by atoms with Crippen LogP contribution in [0.15, 0.2) is 12.1 Å². The molecule has 4 heteroatoms. The number of nitrogens with two attached hydrogens (primary N) is 1. The van der Waals surface area contributed by atoms with Gasteiger partial charge in [-0.1, -0.05) is 13.8 Å². The summed E-state index contributed by atoms with van der Waals surface area (Å²) in [6, 6.07) is 3.89. The molecule has 1 aromatic carbocycles. The molecule has 0 spiro atoms. The van der Waals surface area contributed by atoms with Crippen LogP contribution in [-0.4, -0.2) is 12.6 Å². The molecule has 0 bridgehead atoms. The van der Waals surface area contributed by atoms with Gasteiger partial charge >= 0.3 is 0 Å². The molecule has 0 atom stereocenters. The molecule has 0 amide bonds. The van der Waals surface area contributed by atoms with Gasteiger partial charge in [0.05, 0.1) is 14.9 Å². The van der Waals surface area contributed by atoms with Crippen LogP contribution in [0.1, 0.15) is 33.1 Å². The number of rotatable bonds is 5. The van der Waals surface area contributed by atoms with Gasteiger partial charge in [0, 0.05) is 18.7 Å². The molecule has 1 aromatic rings. The van der Waals surface area contributed by atoms with Crippen LogP contribution in [0, 0.1) is 15.3 Å². The molecule has 1 saturated carbocycles. The fourth-order valence-electron chi connectivity index (χ4n) is 2.08. The first-order valence-electron chi connectivity index (χ1n) is 6.50. The van der Waals surface area contributed by atoms with Crippen molar-refractivity contribution in [2.75, 3.05) is 17.2 Å². The molecule has 1 aliphatic carbocycles. The van der Waals surface area contributed by atoms with Crippen LogP contribution in [0.2, 0.25) is 0 Å². The number of nitrogens with zero attached hydrogens (tertiary/aromatic N) is 1. The van der Waals surface area contributed by atoms with Crippen molar-refractivity contribution in [2.45, 2.75) is 39.2 Å². The maximum absolute atomic E-state index is 13.7. The Morgan fingerprint density at radius 2 is 2.11 bits per heavy atom. The molecule has 1 fully saturated rings. The molecule has 0 unspecified atom stereocenters. The SMILES string of the molecule is CC(C)CCN(c1cc(F)c(I)cc1N)C1CC1. The summed E-state index contributed by atoms with van der Waals surface area (Å²) < 4.78 is 14.3. The van der Waals surface area contributed by atoms with Gasteiger partial charge in [0.25, 0.3) is 0 Å². The molecule has 2 rings (SSSR count). The van der Waals surface area contributed by atoms with Crippen LogP contribution >= 0.6 is 22.6 Å². The fourth-order valence-corrected chi connectivity index (χ4v) is 2.57. The molecular weight excluding hydrogens is 342 g/mol. The molecule has 0 aromatic heterocycles. The Bertz CT molecular complexity index is 430. The normalized spacial score (nSPS) is 15.2. The van der Waals surface area contributed by atoms with E-state index in [1.807, 2.05) is 22.6 Å². The lowest BCUT2D eigenvalue weighted by molar-refractivity contribution is 0.569. The third-order valence-corrected chi connectivity index (χ3v) is 4.14. The molecule has 2 N–H and O–H groups in total. The van der Waals surface area contributed by atoms with Crippen LogP contribution in [0.3, 0.4) is 0 Å². The minimum Gasteiger partial charge on any atom is -0.397 e. The van der Waals surface area contributed by atoms with Crippen molar-refractivity contribution in [1.82, 2.24) is 0 Å². The van der Waals surface area contributed by atoms with Crippen LogP contribution in [0.4, 0.5) is 15.8 Å². The van der Waals surface area contributed by atoms with Gasteiger partial charge in [0.2, 0.25) is 0 Å². The smallest absolute Gasteiger partial charge is 0.138 e. The van der Waals surface area contributed by atoms with E-state index < -0.39 is 0 Å². The maximum Gasteiger partial charge on any atom is 0.138 e. The zero-order chi connectivity index (χ0) is 13.3. The highest BCUT2D eigenvalue weighted by Crippen LogP contribution is 2.36. The molecule has 100 valence electrons. The van der Waals surface area contributed by atoms with Crippen LogP contribution in [0.5, 0.6) is 0 Å². The largest absolute Gasteiger partial charge is 0.397 e. The van der Waals surface area contributed by atoms with E-state index in [9.17, 15) is 4.39 Å². The molecule has 18 heavy (non-hydrogen) atoms. The van der Waals surface area contributed by atoms with Crippen molar-refractivity contribution >= 4 is 34.0 Å². The van der Waals surface area contributed by atoms with Crippen LogP contribution in [0.25, 0.3) is 0 Å². The predicted molar refractivity (Wildman–Crippen MR) is 83.4 cm³/mol. The predicted octanol–water partition coefficient (Wildman–Crippen LogP) is 4.03. The number of hydrogen-bond donors (Lipinski definition) is 1. The second-order valence-electron chi connectivity index (χ2n) is 5.43. The molecule has 1 aliphatic rings. The third kappa shape index (κ3) is 3.28. The highest BCUT2D eigenvalue weighted by Gasteiger charge is 2.30. The van der Waals surface area contributed by atoms with Gasteiger partial charge in [0.1, 0.15) is 5.82 Å². The van der Waals surface area contributed by atoms with Gasteiger partial charge in [-0.2, -0.15) is 0 Å². The van der Waals surface area contributed by atoms with Gasteiger partial charge in [-0.15, -0.1) is 0 Å². The summed E-state index contributed by atoms with van der Waals surface area (Å²) >= 11 is 1.98. The van der Waals surface area contributed by atoms with E-state index >= 15 is 0 Å². The summed E-state index contributed by atoms with van der Waals surface area (Å²) in [6.07, 6.45) is 3.51. The Kier molecular flexibility index (Phi) is 4.35. The Morgan fingerprint density at radius 1 is 1.44 bits per heavy atom. The van der Waals surface area contributed by atoms with E-state index in [4.69, 9.17) is 5.73 Å². The van der Waals surface area contributed by atoms with Gasteiger partial charge in [-0.05, 0) is 53.8 Å². The average molecular weight is 362 g/mol. The highest BCUT2D eigenvalue weighted by molar-refractivity contribution is 14.1. The van der Waals surface area contributed by atoms with Crippen LogP contribution < -0.4 is 10.6 Å². The number of hydrogen-bond acceptors (Lipinski definition) is 2. The summed E-state index contributed by atoms with van der Waals surface area (Å²) in [5.41, 5.74) is 7.61. The Labute approximate surface area is 122 Å². The van der Waals surface area contributed by atoms with E-state index in [2.05, 4.69) is 18.7 Å². The summed E-state index contributed by atoms with van der Waals surface area (Å²) in [5.74, 6) is 0.483. The summed E-state index contributed by atoms with van der Waals surface area (Å²) in [7, 11) is 0. The first-order chi connectivity index (χ1) is 8.49. The average Bonchev–Trinajstić information content (AvgIpc) is 3.09. The number of nitrogen functional groups attached to an aromatic ring is 1. The van der Waals surface area contributed by atoms with Crippen molar-refractivity contribution in [3.05, 3.63) is 21.5 Å².